The van der Waals surface area contributed by atoms with Crippen molar-refractivity contribution in [2.24, 2.45) is 5.73 Å². The fraction of sp³-hybridized carbons (Fsp3) is 0.300. The summed E-state index contributed by atoms with van der Waals surface area (Å²) in [6, 6.07) is 11.1. The molecule has 12 nitrogen and oxygen atoms in total. The van der Waals surface area contributed by atoms with Gasteiger partial charge in [0.15, 0.2) is 11.5 Å². The molecule has 0 spiro atoms. The summed E-state index contributed by atoms with van der Waals surface area (Å²) in [6.07, 6.45) is 0.489. The van der Waals surface area contributed by atoms with E-state index in [-0.39, 0.29) is 58.3 Å². The molecule has 2 aromatic rings. The monoisotopic (exact) mass is 509 g/mol. The molecule has 0 aliphatic rings. The second-order valence-corrected chi connectivity index (χ2v) is 7.96. The number of carbonyl (C=O) groups excluding carboxylic acids is 2. The zero-order valence-electron chi connectivity index (χ0n) is 19.2. The number of primary amides is 1. The van der Waals surface area contributed by atoms with E-state index in [1.54, 1.807) is 12.1 Å². The van der Waals surface area contributed by atoms with Gasteiger partial charge in [0, 0.05) is 17.8 Å². The third-order valence-corrected chi connectivity index (χ3v) is 4.96. The van der Waals surface area contributed by atoms with Crippen molar-refractivity contribution in [2.75, 3.05) is 38.1 Å². The van der Waals surface area contributed by atoms with E-state index in [0.717, 1.165) is 10.5 Å². The summed E-state index contributed by atoms with van der Waals surface area (Å²) in [7, 11) is -1.62. The number of hydrogen-bond acceptors (Lipinski definition) is 8. The standard InChI is InChI=1S/C20H25N3O7S.Na.2H2O/c1-29-17-7-6-14(10-18(17)30-2)8-9-22-19(24)12-23(13-31(26,27)28)16-5-3-4-15(11-16)20(21)25;;;/h3-7,10-11H,8-9,12-13H2,1-2H3,(H2,21,25)(H,22,24)(H,26,27,28);;2*1H2/q;+1;;/p-1. The predicted octanol–water partition coefficient (Wildman–Crippen LogP) is -4.17. The van der Waals surface area contributed by atoms with Crippen LogP contribution in [0.5, 0.6) is 11.5 Å². The molecule has 14 heteroatoms. The first-order chi connectivity index (χ1) is 14.6. The van der Waals surface area contributed by atoms with Crippen molar-refractivity contribution >= 4 is 27.6 Å². The second-order valence-electron chi connectivity index (χ2n) is 6.59. The number of anilines is 1. The van der Waals surface area contributed by atoms with E-state index in [9.17, 15) is 22.6 Å². The van der Waals surface area contributed by atoms with Crippen molar-refractivity contribution in [1.29, 1.82) is 0 Å². The van der Waals surface area contributed by atoms with Crippen LogP contribution >= 0.6 is 0 Å². The average Bonchev–Trinajstić information content (AvgIpc) is 2.72. The minimum atomic E-state index is -4.67. The summed E-state index contributed by atoms with van der Waals surface area (Å²) in [5, 5.41) is 2.68. The molecule has 0 saturated heterocycles. The Balaban J connectivity index is 0. The Morgan fingerprint density at radius 1 is 1.06 bits per heavy atom. The van der Waals surface area contributed by atoms with Gasteiger partial charge in [0.25, 0.3) is 0 Å². The number of hydrogen-bond donors (Lipinski definition) is 2. The van der Waals surface area contributed by atoms with Gasteiger partial charge < -0.3 is 40.9 Å². The third-order valence-electron chi connectivity index (χ3n) is 4.33. The summed E-state index contributed by atoms with van der Waals surface area (Å²) in [5.74, 6) is -0.992. The number of nitrogens with two attached hydrogens (primary N) is 1. The molecular formula is C20H28N3NaO9S. The van der Waals surface area contributed by atoms with E-state index in [2.05, 4.69) is 5.32 Å². The number of benzene rings is 2. The molecule has 0 heterocycles. The van der Waals surface area contributed by atoms with E-state index in [1.165, 1.54) is 38.5 Å². The first kappa shape index (κ1) is 33.8. The number of methoxy groups -OCH3 is 2. The van der Waals surface area contributed by atoms with Gasteiger partial charge in [-0.2, -0.15) is 0 Å². The Hall–Kier alpha value is -2.39. The van der Waals surface area contributed by atoms with Crippen LogP contribution in [0.2, 0.25) is 0 Å². The molecule has 0 radical (unpaired) electrons. The second kappa shape index (κ2) is 15.5. The minimum absolute atomic E-state index is 0. The molecular weight excluding hydrogens is 481 g/mol. The van der Waals surface area contributed by atoms with Crippen LogP contribution in [-0.2, 0) is 21.3 Å². The van der Waals surface area contributed by atoms with Gasteiger partial charge >= 0.3 is 29.6 Å². The quantitative estimate of drug-likeness (QED) is 0.223. The zero-order valence-corrected chi connectivity index (χ0v) is 22.0. The van der Waals surface area contributed by atoms with Crippen LogP contribution in [0.15, 0.2) is 42.5 Å². The smallest absolute Gasteiger partial charge is 0.747 e. The van der Waals surface area contributed by atoms with Crippen molar-refractivity contribution in [3.05, 3.63) is 53.6 Å². The zero-order chi connectivity index (χ0) is 23.0. The van der Waals surface area contributed by atoms with Crippen molar-refractivity contribution in [2.45, 2.75) is 6.42 Å². The van der Waals surface area contributed by atoms with Gasteiger partial charge in [0.05, 0.1) is 20.8 Å². The summed E-state index contributed by atoms with van der Waals surface area (Å²) in [4.78, 5) is 24.8. The Labute approximate surface area is 220 Å². The molecule has 0 unspecified atom stereocenters. The minimum Gasteiger partial charge on any atom is -0.747 e. The average molecular weight is 510 g/mol. The van der Waals surface area contributed by atoms with Gasteiger partial charge in [0.2, 0.25) is 11.8 Å². The fourth-order valence-corrected chi connectivity index (χ4v) is 3.49. The molecule has 2 amide bonds. The van der Waals surface area contributed by atoms with Crippen molar-refractivity contribution < 1.29 is 72.5 Å². The van der Waals surface area contributed by atoms with Crippen LogP contribution in [0.25, 0.3) is 0 Å². The van der Waals surface area contributed by atoms with Crippen LogP contribution in [-0.4, -0.2) is 68.9 Å². The van der Waals surface area contributed by atoms with E-state index in [0.29, 0.717) is 17.9 Å². The first-order valence-corrected chi connectivity index (χ1v) is 10.8. The predicted molar refractivity (Wildman–Crippen MR) is 120 cm³/mol. The number of rotatable bonds is 11. The van der Waals surface area contributed by atoms with E-state index < -0.39 is 34.4 Å². The molecule has 0 fully saturated rings. The van der Waals surface area contributed by atoms with Gasteiger partial charge in [-0.15, -0.1) is 0 Å². The van der Waals surface area contributed by atoms with Gasteiger partial charge in [-0.3, -0.25) is 9.59 Å². The van der Waals surface area contributed by atoms with Crippen molar-refractivity contribution in [1.82, 2.24) is 5.32 Å². The molecule has 0 aliphatic heterocycles. The molecule has 0 aromatic heterocycles. The first-order valence-electron chi connectivity index (χ1n) is 9.19. The maximum absolute atomic E-state index is 12.4. The largest absolute Gasteiger partial charge is 1.00 e. The van der Waals surface area contributed by atoms with Crippen LogP contribution in [0.4, 0.5) is 5.69 Å². The topological polar surface area (TPSA) is 214 Å². The Bertz CT molecular complexity index is 1050. The summed E-state index contributed by atoms with van der Waals surface area (Å²) in [6.45, 7) is -0.122. The molecule has 7 N–H and O–H groups in total. The normalized spacial score (nSPS) is 9.97. The Morgan fingerprint density at radius 3 is 2.26 bits per heavy atom. The molecule has 0 atom stereocenters. The molecule has 2 aromatic carbocycles. The van der Waals surface area contributed by atoms with Crippen LogP contribution in [0.1, 0.15) is 15.9 Å². The van der Waals surface area contributed by atoms with E-state index in [1.807, 2.05) is 6.07 Å². The van der Waals surface area contributed by atoms with Crippen molar-refractivity contribution in [3.63, 3.8) is 0 Å². The number of amides is 2. The molecule has 2 rings (SSSR count). The third kappa shape index (κ3) is 10.7. The maximum atomic E-state index is 12.4. The maximum Gasteiger partial charge on any atom is 1.00 e. The number of nitrogens with zero attached hydrogens (tertiary/aromatic N) is 1. The summed E-state index contributed by atoms with van der Waals surface area (Å²) >= 11 is 0. The van der Waals surface area contributed by atoms with Gasteiger partial charge in [-0.05, 0) is 42.3 Å². The van der Waals surface area contributed by atoms with Gasteiger partial charge in [-0.1, -0.05) is 12.1 Å². The number of carbonyl (C=O) groups is 2. The van der Waals surface area contributed by atoms with Crippen LogP contribution in [0, 0.1) is 0 Å². The molecule has 184 valence electrons. The van der Waals surface area contributed by atoms with Crippen LogP contribution < -0.4 is 55.0 Å². The molecule has 0 aliphatic carbocycles. The SMILES string of the molecule is COc1ccc(CCNC(=O)CN(CS(=O)(=O)[O-])c2cccc(C(N)=O)c2)cc1OC.O.O.[Na+]. The Morgan fingerprint density at radius 2 is 1.71 bits per heavy atom. The summed E-state index contributed by atoms with van der Waals surface area (Å²) in [5.41, 5.74) is 6.47. The molecule has 0 bridgehead atoms. The summed E-state index contributed by atoms with van der Waals surface area (Å²) < 4.78 is 44.3. The molecule has 0 saturated carbocycles. The number of ether oxygens (including phenoxy) is 2. The van der Waals surface area contributed by atoms with E-state index in [4.69, 9.17) is 15.2 Å². The van der Waals surface area contributed by atoms with Gasteiger partial charge in [-0.25, -0.2) is 8.42 Å². The number of nitrogens with one attached hydrogen (secondary N) is 1. The van der Waals surface area contributed by atoms with Crippen LogP contribution in [0.3, 0.4) is 0 Å². The van der Waals surface area contributed by atoms with E-state index >= 15 is 0 Å². The fourth-order valence-electron chi connectivity index (χ4n) is 2.87. The Kier molecular flexibility index (Phi) is 15.4. The van der Waals surface area contributed by atoms with Gasteiger partial charge in [0.1, 0.15) is 16.0 Å². The van der Waals surface area contributed by atoms with Crippen molar-refractivity contribution in [3.8, 4) is 11.5 Å². The molecule has 34 heavy (non-hydrogen) atoms.